The van der Waals surface area contributed by atoms with E-state index in [0.717, 1.165) is 11.3 Å². The number of amides is 1. The van der Waals surface area contributed by atoms with Crippen LogP contribution >= 0.6 is 11.6 Å². The smallest absolute Gasteiger partial charge is 0.225 e. The van der Waals surface area contributed by atoms with Gasteiger partial charge in [-0.2, -0.15) is 0 Å². The van der Waals surface area contributed by atoms with Gasteiger partial charge in [0.1, 0.15) is 0 Å². The van der Waals surface area contributed by atoms with Crippen LogP contribution in [0.4, 0.5) is 5.69 Å². The fraction of sp³-hybridized carbons (Fsp3) is 0.500. The van der Waals surface area contributed by atoms with Gasteiger partial charge in [0.25, 0.3) is 0 Å². The molecule has 3 nitrogen and oxygen atoms in total. The molecule has 0 aliphatic carbocycles. The van der Waals surface area contributed by atoms with Crippen molar-refractivity contribution >= 4 is 23.2 Å². The van der Waals surface area contributed by atoms with E-state index < -0.39 is 0 Å². The van der Waals surface area contributed by atoms with Crippen molar-refractivity contribution in [3.8, 4) is 0 Å². The quantitative estimate of drug-likeness (QED) is 0.883. The molecule has 0 saturated carbocycles. The van der Waals surface area contributed by atoms with Crippen LogP contribution in [0, 0.1) is 12.3 Å². The van der Waals surface area contributed by atoms with E-state index in [4.69, 9.17) is 17.3 Å². The lowest BCUT2D eigenvalue weighted by atomic mass is 9.85. The molecule has 18 heavy (non-hydrogen) atoms. The molecule has 0 fully saturated rings. The van der Waals surface area contributed by atoms with E-state index in [1.807, 2.05) is 39.8 Å². The Morgan fingerprint density at radius 2 is 2.06 bits per heavy atom. The van der Waals surface area contributed by atoms with E-state index in [-0.39, 0.29) is 17.4 Å². The Balaban J connectivity index is 2.69. The molecule has 0 aliphatic rings. The predicted molar refractivity (Wildman–Crippen MR) is 76.9 cm³/mol. The Hall–Kier alpha value is -1.06. The van der Waals surface area contributed by atoms with Crippen LogP contribution in [-0.4, -0.2) is 11.9 Å². The lowest BCUT2D eigenvalue weighted by molar-refractivity contribution is -0.117. The van der Waals surface area contributed by atoms with Gasteiger partial charge in [-0.05, 0) is 30.0 Å². The number of carbonyl (C=O) groups excluding carboxylic acids is 1. The number of carbonyl (C=O) groups is 1. The normalized spacial score (nSPS) is 13.2. The van der Waals surface area contributed by atoms with Crippen LogP contribution < -0.4 is 11.1 Å². The minimum atomic E-state index is -0.169. The van der Waals surface area contributed by atoms with E-state index in [2.05, 4.69) is 5.32 Å². The van der Waals surface area contributed by atoms with Crippen molar-refractivity contribution in [2.24, 2.45) is 11.1 Å². The zero-order valence-corrected chi connectivity index (χ0v) is 12.1. The Labute approximate surface area is 114 Å². The number of hydrogen-bond acceptors (Lipinski definition) is 2. The lowest BCUT2D eigenvalue weighted by Crippen LogP contribution is -2.38. The molecule has 0 saturated heterocycles. The van der Waals surface area contributed by atoms with Gasteiger partial charge in [0.2, 0.25) is 5.91 Å². The fourth-order valence-electron chi connectivity index (χ4n) is 1.45. The fourth-order valence-corrected chi connectivity index (χ4v) is 1.62. The molecule has 100 valence electrons. The summed E-state index contributed by atoms with van der Waals surface area (Å²) < 4.78 is 0. The summed E-state index contributed by atoms with van der Waals surface area (Å²) in [6.07, 6.45) is 0.301. The number of rotatable bonds is 3. The van der Waals surface area contributed by atoms with Crippen molar-refractivity contribution in [3.05, 3.63) is 28.8 Å². The second-order valence-corrected chi connectivity index (χ2v) is 6.04. The number of nitrogens with two attached hydrogens (primary N) is 1. The van der Waals surface area contributed by atoms with E-state index in [0.29, 0.717) is 11.4 Å². The molecule has 1 amide bonds. The molecular weight excluding hydrogens is 248 g/mol. The molecule has 0 heterocycles. The van der Waals surface area contributed by atoms with Gasteiger partial charge in [-0.3, -0.25) is 4.79 Å². The first kappa shape index (κ1) is 15.0. The summed E-state index contributed by atoms with van der Waals surface area (Å²) in [5.41, 5.74) is 7.52. The van der Waals surface area contributed by atoms with E-state index in [1.54, 1.807) is 6.07 Å². The molecule has 1 atom stereocenters. The van der Waals surface area contributed by atoms with Gasteiger partial charge in [0.05, 0.1) is 0 Å². The molecule has 4 heteroatoms. The van der Waals surface area contributed by atoms with Crippen LogP contribution in [0.1, 0.15) is 32.8 Å². The van der Waals surface area contributed by atoms with Crippen LogP contribution in [0.25, 0.3) is 0 Å². The maximum absolute atomic E-state index is 11.9. The average Bonchev–Trinajstić information content (AvgIpc) is 2.23. The Bertz CT molecular complexity index is 438. The molecular formula is C14H21ClN2O. The number of halogens is 1. The first-order valence-corrected chi connectivity index (χ1v) is 6.40. The highest BCUT2D eigenvalue weighted by molar-refractivity contribution is 6.31. The van der Waals surface area contributed by atoms with Crippen LogP contribution in [0.3, 0.4) is 0 Å². The minimum absolute atomic E-state index is 0.0807. The highest BCUT2D eigenvalue weighted by Crippen LogP contribution is 2.24. The summed E-state index contributed by atoms with van der Waals surface area (Å²) in [7, 11) is 0. The van der Waals surface area contributed by atoms with Crippen LogP contribution in [-0.2, 0) is 4.79 Å². The first-order valence-electron chi connectivity index (χ1n) is 6.02. The third kappa shape index (κ3) is 4.00. The SMILES string of the molecule is Cc1c(Cl)cccc1NC(=O)CC(N)C(C)(C)C. The van der Waals surface area contributed by atoms with Gasteiger partial charge in [-0.15, -0.1) is 0 Å². The largest absolute Gasteiger partial charge is 0.327 e. The molecule has 1 aromatic rings. The van der Waals surface area contributed by atoms with Gasteiger partial charge >= 0.3 is 0 Å². The summed E-state index contributed by atoms with van der Waals surface area (Å²) in [6.45, 7) is 7.95. The third-order valence-electron chi connectivity index (χ3n) is 3.06. The molecule has 3 N–H and O–H groups in total. The summed E-state index contributed by atoms with van der Waals surface area (Å²) >= 11 is 6.00. The van der Waals surface area contributed by atoms with Crippen molar-refractivity contribution in [1.82, 2.24) is 0 Å². The maximum atomic E-state index is 11.9. The number of anilines is 1. The van der Waals surface area contributed by atoms with Gasteiger partial charge in [0.15, 0.2) is 0 Å². The van der Waals surface area contributed by atoms with E-state index in [9.17, 15) is 4.79 Å². The summed E-state index contributed by atoms with van der Waals surface area (Å²) in [5.74, 6) is -0.0807. The van der Waals surface area contributed by atoms with Crippen molar-refractivity contribution in [2.45, 2.75) is 40.2 Å². The summed E-state index contributed by atoms with van der Waals surface area (Å²) in [4.78, 5) is 11.9. The predicted octanol–water partition coefficient (Wildman–Crippen LogP) is 3.35. The van der Waals surface area contributed by atoms with Crippen LogP contribution in [0.2, 0.25) is 5.02 Å². The standard InChI is InChI=1S/C14H21ClN2O/c1-9-10(15)6-5-7-11(9)17-13(18)8-12(16)14(2,3)4/h5-7,12H,8,16H2,1-4H3,(H,17,18). The minimum Gasteiger partial charge on any atom is -0.327 e. The second-order valence-electron chi connectivity index (χ2n) is 5.64. The molecule has 1 aromatic carbocycles. The molecule has 0 aromatic heterocycles. The summed E-state index contributed by atoms with van der Waals surface area (Å²) in [5, 5.41) is 3.50. The molecule has 0 radical (unpaired) electrons. The van der Waals surface area contributed by atoms with Crippen LogP contribution in [0.5, 0.6) is 0 Å². The Morgan fingerprint density at radius 1 is 1.44 bits per heavy atom. The average molecular weight is 269 g/mol. The zero-order chi connectivity index (χ0) is 13.9. The van der Waals surface area contributed by atoms with E-state index in [1.165, 1.54) is 0 Å². The highest BCUT2D eigenvalue weighted by atomic mass is 35.5. The van der Waals surface area contributed by atoms with Crippen molar-refractivity contribution in [1.29, 1.82) is 0 Å². The van der Waals surface area contributed by atoms with Gasteiger partial charge in [-0.1, -0.05) is 38.4 Å². The second kappa shape index (κ2) is 5.72. The third-order valence-corrected chi connectivity index (χ3v) is 3.47. The Kier molecular flexibility index (Phi) is 4.77. The molecule has 0 spiro atoms. The lowest BCUT2D eigenvalue weighted by Gasteiger charge is -2.26. The highest BCUT2D eigenvalue weighted by Gasteiger charge is 2.23. The van der Waals surface area contributed by atoms with Gasteiger partial charge in [0, 0.05) is 23.2 Å². The summed E-state index contributed by atoms with van der Waals surface area (Å²) in [6, 6.07) is 5.28. The van der Waals surface area contributed by atoms with Gasteiger partial charge < -0.3 is 11.1 Å². The van der Waals surface area contributed by atoms with Crippen LogP contribution in [0.15, 0.2) is 18.2 Å². The van der Waals surface area contributed by atoms with Crippen molar-refractivity contribution in [3.63, 3.8) is 0 Å². The zero-order valence-electron chi connectivity index (χ0n) is 11.4. The van der Waals surface area contributed by atoms with Gasteiger partial charge in [-0.25, -0.2) is 0 Å². The molecule has 1 rings (SSSR count). The first-order chi connectivity index (χ1) is 8.21. The molecule has 0 bridgehead atoms. The molecule has 0 aliphatic heterocycles. The Morgan fingerprint density at radius 3 is 2.61 bits per heavy atom. The van der Waals surface area contributed by atoms with E-state index >= 15 is 0 Å². The topological polar surface area (TPSA) is 55.1 Å². The van der Waals surface area contributed by atoms with Crippen molar-refractivity contribution in [2.75, 3.05) is 5.32 Å². The molecule has 1 unspecified atom stereocenters. The number of benzene rings is 1. The number of nitrogens with one attached hydrogen (secondary N) is 1. The monoisotopic (exact) mass is 268 g/mol. The maximum Gasteiger partial charge on any atom is 0.225 e. The number of hydrogen-bond donors (Lipinski definition) is 2. The van der Waals surface area contributed by atoms with Crippen molar-refractivity contribution < 1.29 is 4.79 Å².